The van der Waals surface area contributed by atoms with E-state index in [0.29, 0.717) is 18.7 Å². The number of H-pyrrole nitrogens is 1. The Bertz CT molecular complexity index is 788. The van der Waals surface area contributed by atoms with Crippen molar-refractivity contribution in [3.63, 3.8) is 0 Å². The molecule has 7 heteroatoms. The molecule has 0 unspecified atom stereocenters. The number of amides is 1. The van der Waals surface area contributed by atoms with Gasteiger partial charge in [-0.3, -0.25) is 9.59 Å². The molecule has 1 fully saturated rings. The van der Waals surface area contributed by atoms with E-state index < -0.39 is 0 Å². The smallest absolute Gasteiger partial charge is 0.222 e. The molecule has 156 valence electrons. The van der Waals surface area contributed by atoms with Crippen molar-refractivity contribution in [1.29, 1.82) is 0 Å². The number of benzene rings is 1. The molecule has 1 aromatic heterocycles. The Kier molecular flexibility index (Phi) is 7.49. The molecule has 2 heterocycles. The number of aromatic nitrogens is 4. The van der Waals surface area contributed by atoms with Crippen LogP contribution < -0.4 is 0 Å². The lowest BCUT2D eigenvalue weighted by molar-refractivity contribution is -0.133. The van der Waals surface area contributed by atoms with Gasteiger partial charge < -0.3 is 4.90 Å². The molecule has 1 amide bonds. The highest BCUT2D eigenvalue weighted by Gasteiger charge is 2.29. The first kappa shape index (κ1) is 21.1. The van der Waals surface area contributed by atoms with E-state index in [4.69, 9.17) is 0 Å². The van der Waals surface area contributed by atoms with E-state index in [1.54, 1.807) is 6.92 Å². The summed E-state index contributed by atoms with van der Waals surface area (Å²) in [4.78, 5) is 26.2. The van der Waals surface area contributed by atoms with Crippen molar-refractivity contribution in [3.05, 3.63) is 41.2 Å². The number of likely N-dealkylation sites (tertiary alicyclic amines) is 1. The number of carbonyl (C=O) groups is 2. The molecule has 0 saturated carbocycles. The molecule has 1 aliphatic rings. The standard InChI is InChI=1S/C22H31N5O2/c1-3-6-19(16(2)28)20(22-23-25-26-24-22)15-18-10-8-17(9-11-18)12-14-27-13-5-4-7-21(27)29/h8-11,19-20H,3-7,12-15H2,1-2H3,(H,23,24,25,26)/t19-,20+/m1/s1. The molecule has 2 aromatic rings. The second-order valence-electron chi connectivity index (χ2n) is 7.99. The number of ketones is 1. The molecular weight excluding hydrogens is 366 g/mol. The highest BCUT2D eigenvalue weighted by atomic mass is 16.2. The Morgan fingerprint density at radius 3 is 2.59 bits per heavy atom. The number of piperidine rings is 1. The van der Waals surface area contributed by atoms with Crippen LogP contribution in [0, 0.1) is 5.92 Å². The van der Waals surface area contributed by atoms with Gasteiger partial charge in [-0.15, -0.1) is 10.2 Å². The lowest BCUT2D eigenvalue weighted by Crippen LogP contribution is -2.36. The van der Waals surface area contributed by atoms with Crippen molar-refractivity contribution in [2.75, 3.05) is 13.1 Å². The summed E-state index contributed by atoms with van der Waals surface area (Å²) in [5.41, 5.74) is 2.37. The third-order valence-electron chi connectivity index (χ3n) is 5.87. The third-order valence-corrected chi connectivity index (χ3v) is 5.87. The number of Topliss-reactive ketones (excluding diaryl/α,β-unsaturated/α-hetero) is 1. The summed E-state index contributed by atoms with van der Waals surface area (Å²) in [5.74, 6) is 0.864. The molecule has 1 aliphatic heterocycles. The van der Waals surface area contributed by atoms with E-state index in [1.807, 2.05) is 4.90 Å². The third kappa shape index (κ3) is 5.71. The van der Waals surface area contributed by atoms with Gasteiger partial charge in [-0.2, -0.15) is 5.21 Å². The van der Waals surface area contributed by atoms with Crippen molar-refractivity contribution in [1.82, 2.24) is 25.5 Å². The van der Waals surface area contributed by atoms with Crippen LogP contribution in [0.3, 0.4) is 0 Å². The van der Waals surface area contributed by atoms with Crippen LogP contribution in [0.4, 0.5) is 0 Å². The van der Waals surface area contributed by atoms with Crippen molar-refractivity contribution in [3.8, 4) is 0 Å². The number of hydrogen-bond donors (Lipinski definition) is 1. The van der Waals surface area contributed by atoms with E-state index in [1.165, 1.54) is 5.56 Å². The molecule has 1 aromatic carbocycles. The number of rotatable bonds is 10. The lowest BCUT2D eigenvalue weighted by atomic mass is 9.81. The van der Waals surface area contributed by atoms with Crippen LogP contribution in [0.1, 0.15) is 68.8 Å². The minimum Gasteiger partial charge on any atom is -0.342 e. The Balaban J connectivity index is 1.65. The van der Waals surface area contributed by atoms with Gasteiger partial charge in [0.2, 0.25) is 5.91 Å². The van der Waals surface area contributed by atoms with Gasteiger partial charge in [-0.25, -0.2) is 0 Å². The number of tetrazole rings is 1. The molecule has 1 saturated heterocycles. The maximum atomic E-state index is 12.3. The van der Waals surface area contributed by atoms with Crippen molar-refractivity contribution in [2.24, 2.45) is 5.92 Å². The number of aromatic amines is 1. The fourth-order valence-electron chi connectivity index (χ4n) is 4.20. The van der Waals surface area contributed by atoms with Crippen LogP contribution in [-0.4, -0.2) is 50.3 Å². The highest BCUT2D eigenvalue weighted by Crippen LogP contribution is 2.30. The van der Waals surface area contributed by atoms with Crippen LogP contribution in [0.2, 0.25) is 0 Å². The fraction of sp³-hybridized carbons (Fsp3) is 0.591. The zero-order valence-corrected chi connectivity index (χ0v) is 17.4. The first-order valence-electron chi connectivity index (χ1n) is 10.7. The van der Waals surface area contributed by atoms with E-state index in [9.17, 15) is 9.59 Å². The van der Waals surface area contributed by atoms with Gasteiger partial charge in [0, 0.05) is 31.3 Å². The topological polar surface area (TPSA) is 91.8 Å². The molecule has 29 heavy (non-hydrogen) atoms. The Morgan fingerprint density at radius 1 is 1.21 bits per heavy atom. The van der Waals surface area contributed by atoms with E-state index in [-0.39, 0.29) is 23.5 Å². The second kappa shape index (κ2) is 10.3. The Hall–Kier alpha value is -2.57. The van der Waals surface area contributed by atoms with Gasteiger partial charge in [0.1, 0.15) is 5.78 Å². The average Bonchev–Trinajstić information content (AvgIpc) is 3.25. The summed E-state index contributed by atoms with van der Waals surface area (Å²) in [7, 11) is 0. The first-order chi connectivity index (χ1) is 14.1. The van der Waals surface area contributed by atoms with Crippen LogP contribution in [0.5, 0.6) is 0 Å². The first-order valence-corrected chi connectivity index (χ1v) is 10.7. The summed E-state index contributed by atoms with van der Waals surface area (Å²) in [6.07, 6.45) is 6.14. The maximum Gasteiger partial charge on any atom is 0.222 e. The molecule has 0 spiro atoms. The van der Waals surface area contributed by atoms with Crippen LogP contribution in [0.25, 0.3) is 0 Å². The molecule has 1 N–H and O–H groups in total. The second-order valence-corrected chi connectivity index (χ2v) is 7.99. The largest absolute Gasteiger partial charge is 0.342 e. The maximum absolute atomic E-state index is 12.3. The van der Waals surface area contributed by atoms with Gasteiger partial charge >= 0.3 is 0 Å². The Labute approximate surface area is 172 Å². The lowest BCUT2D eigenvalue weighted by Gasteiger charge is -2.26. The summed E-state index contributed by atoms with van der Waals surface area (Å²) in [6, 6.07) is 8.48. The number of hydrogen-bond acceptors (Lipinski definition) is 5. The van der Waals surface area contributed by atoms with Crippen molar-refractivity contribution < 1.29 is 9.59 Å². The zero-order valence-electron chi connectivity index (χ0n) is 17.4. The zero-order chi connectivity index (χ0) is 20.6. The SMILES string of the molecule is CCC[C@H](C(C)=O)[C@H](Cc1ccc(CCN2CCCCC2=O)cc1)c1nn[nH]n1. The van der Waals surface area contributed by atoms with Crippen molar-refractivity contribution in [2.45, 2.75) is 64.7 Å². The fourth-order valence-corrected chi connectivity index (χ4v) is 4.20. The summed E-state index contributed by atoms with van der Waals surface area (Å²) in [5, 5.41) is 14.5. The molecule has 2 atom stereocenters. The highest BCUT2D eigenvalue weighted by molar-refractivity contribution is 5.79. The molecule has 7 nitrogen and oxygen atoms in total. The minimum atomic E-state index is -0.109. The van der Waals surface area contributed by atoms with E-state index in [0.717, 1.165) is 50.8 Å². The average molecular weight is 398 g/mol. The monoisotopic (exact) mass is 397 g/mol. The molecule has 0 bridgehead atoms. The number of carbonyl (C=O) groups excluding carboxylic acids is 2. The van der Waals surface area contributed by atoms with E-state index >= 15 is 0 Å². The van der Waals surface area contributed by atoms with Gasteiger partial charge in [0.15, 0.2) is 5.82 Å². The predicted octanol–water partition coefficient (Wildman–Crippen LogP) is 3.09. The number of nitrogens with zero attached hydrogens (tertiary/aromatic N) is 4. The molecule has 3 rings (SSSR count). The van der Waals surface area contributed by atoms with Crippen LogP contribution >= 0.6 is 0 Å². The van der Waals surface area contributed by atoms with Crippen LogP contribution in [0.15, 0.2) is 24.3 Å². The van der Waals surface area contributed by atoms with Crippen molar-refractivity contribution >= 4 is 11.7 Å². The summed E-state index contributed by atoms with van der Waals surface area (Å²) in [6.45, 7) is 5.41. The normalized spacial score (nSPS) is 16.6. The quantitative estimate of drug-likeness (QED) is 0.665. The summed E-state index contributed by atoms with van der Waals surface area (Å²) < 4.78 is 0. The van der Waals surface area contributed by atoms with E-state index in [2.05, 4.69) is 51.8 Å². The van der Waals surface area contributed by atoms with Gasteiger partial charge in [-0.1, -0.05) is 42.8 Å². The van der Waals surface area contributed by atoms with Crippen LogP contribution in [-0.2, 0) is 22.4 Å². The molecule has 0 radical (unpaired) electrons. The molecule has 0 aliphatic carbocycles. The van der Waals surface area contributed by atoms with Gasteiger partial charge in [0.25, 0.3) is 0 Å². The molecular formula is C22H31N5O2. The Morgan fingerprint density at radius 2 is 1.97 bits per heavy atom. The predicted molar refractivity (Wildman–Crippen MR) is 110 cm³/mol. The minimum absolute atomic E-state index is 0.0805. The number of nitrogens with one attached hydrogen (secondary N) is 1. The van der Waals surface area contributed by atoms with Gasteiger partial charge in [-0.05, 0) is 50.2 Å². The van der Waals surface area contributed by atoms with Gasteiger partial charge in [0.05, 0.1) is 0 Å². The summed E-state index contributed by atoms with van der Waals surface area (Å²) >= 11 is 0.